The average molecular weight is 535 g/mol. The van der Waals surface area contributed by atoms with Gasteiger partial charge in [0, 0.05) is 11.6 Å². The zero-order chi connectivity index (χ0) is 27.1. The highest BCUT2D eigenvalue weighted by Crippen LogP contribution is 2.33. The number of ether oxygens (including phenoxy) is 3. The lowest BCUT2D eigenvalue weighted by molar-refractivity contribution is -0.131. The lowest BCUT2D eigenvalue weighted by Crippen LogP contribution is -2.00. The number of hydrogen-bond acceptors (Lipinski definition) is 9. The Labute approximate surface area is 221 Å². The fourth-order valence-corrected chi connectivity index (χ4v) is 3.97. The summed E-state index contributed by atoms with van der Waals surface area (Å²) < 4.78 is 21.9. The van der Waals surface area contributed by atoms with Gasteiger partial charge >= 0.3 is 11.9 Å². The zero-order valence-corrected chi connectivity index (χ0v) is 21.1. The van der Waals surface area contributed by atoms with Gasteiger partial charge in [-0.2, -0.15) is 0 Å². The van der Waals surface area contributed by atoms with Crippen LogP contribution in [-0.2, 0) is 11.4 Å². The van der Waals surface area contributed by atoms with Crippen LogP contribution in [0.3, 0.4) is 0 Å². The molecule has 0 saturated carbocycles. The normalized spacial score (nSPS) is 11.2. The summed E-state index contributed by atoms with van der Waals surface area (Å²) in [5.74, 6) is -0.352. The van der Waals surface area contributed by atoms with E-state index in [4.69, 9.17) is 23.7 Å². The molecule has 0 fully saturated rings. The van der Waals surface area contributed by atoms with Crippen LogP contribution < -0.4 is 14.2 Å². The van der Waals surface area contributed by atoms with Crippen molar-refractivity contribution in [3.05, 3.63) is 88.3 Å². The minimum Gasteiger partial charge on any atom is -0.497 e. The molecule has 3 aromatic carbocycles. The highest BCUT2D eigenvalue weighted by molar-refractivity contribution is 8.03. The van der Waals surface area contributed by atoms with Crippen LogP contribution >= 0.6 is 11.8 Å². The minimum atomic E-state index is -1.16. The predicted molar refractivity (Wildman–Crippen MR) is 138 cm³/mol. The molecule has 0 aliphatic carbocycles. The summed E-state index contributed by atoms with van der Waals surface area (Å²) in [6.45, 7) is 0.186. The minimum absolute atomic E-state index is 0.0254. The highest BCUT2D eigenvalue weighted by Gasteiger charge is 2.17. The van der Waals surface area contributed by atoms with Crippen LogP contribution in [0.15, 0.2) is 81.3 Å². The van der Waals surface area contributed by atoms with Crippen molar-refractivity contribution in [3.8, 4) is 28.7 Å². The third kappa shape index (κ3) is 6.71. The first-order valence-corrected chi connectivity index (χ1v) is 11.9. The maximum atomic E-state index is 11.9. The van der Waals surface area contributed by atoms with E-state index in [-0.39, 0.29) is 28.2 Å². The fraction of sp³-hybridized carbons (Fsp3) is 0.111. The Balaban J connectivity index is 1.45. The summed E-state index contributed by atoms with van der Waals surface area (Å²) in [6, 6.07) is 18.4. The molecule has 0 spiro atoms. The predicted octanol–water partition coefficient (Wildman–Crippen LogP) is 5.25. The Morgan fingerprint density at radius 2 is 1.63 bits per heavy atom. The molecule has 1 heterocycles. The summed E-state index contributed by atoms with van der Waals surface area (Å²) in [7, 11) is 3.05. The molecule has 10 nitrogen and oxygen atoms in total. The maximum Gasteiger partial charge on any atom is 0.342 e. The van der Waals surface area contributed by atoms with Crippen molar-refractivity contribution in [2.75, 3.05) is 14.2 Å². The van der Waals surface area contributed by atoms with Gasteiger partial charge in [0.05, 0.1) is 19.8 Å². The topological polar surface area (TPSA) is 141 Å². The van der Waals surface area contributed by atoms with Crippen LogP contribution in [0.1, 0.15) is 21.5 Å². The monoisotopic (exact) mass is 534 g/mol. The van der Waals surface area contributed by atoms with Crippen molar-refractivity contribution in [2.24, 2.45) is 0 Å². The second-order valence-electron chi connectivity index (χ2n) is 7.75. The first-order chi connectivity index (χ1) is 18.3. The van der Waals surface area contributed by atoms with Crippen molar-refractivity contribution >= 4 is 29.8 Å². The standard InChI is InChI=1S/C27H22N2O8S/c1-34-21-12-19(13-22(14-21)35-2)24-28-29-27(37-24)38-23(26(32)33)11-16-6-8-20(9-7-16)36-15-17-4-3-5-18(10-17)25(30)31/h3-14H,15H2,1-2H3,(H,30,31)(H,32,33)/b23-11-. The molecule has 0 unspecified atom stereocenters. The van der Waals surface area contributed by atoms with Gasteiger partial charge in [-0.05, 0) is 65.4 Å². The van der Waals surface area contributed by atoms with Crippen LogP contribution in [0, 0.1) is 0 Å². The van der Waals surface area contributed by atoms with Gasteiger partial charge in [0.25, 0.3) is 5.22 Å². The summed E-state index contributed by atoms with van der Waals surface area (Å²) >= 11 is 0.822. The molecular formula is C27H22N2O8S. The number of carboxylic acid groups (broad SMARTS) is 2. The molecule has 4 aromatic rings. The molecule has 1 aromatic heterocycles. The number of aromatic carboxylic acids is 1. The summed E-state index contributed by atoms with van der Waals surface area (Å²) in [6.07, 6.45) is 1.48. The van der Waals surface area contributed by atoms with Crippen molar-refractivity contribution in [1.29, 1.82) is 0 Å². The van der Waals surface area contributed by atoms with E-state index in [1.165, 1.54) is 26.4 Å². The van der Waals surface area contributed by atoms with Gasteiger partial charge in [0.15, 0.2) is 0 Å². The van der Waals surface area contributed by atoms with Gasteiger partial charge in [0.2, 0.25) is 5.89 Å². The van der Waals surface area contributed by atoms with Crippen LogP contribution in [-0.4, -0.2) is 46.6 Å². The Hall–Kier alpha value is -4.77. The molecule has 4 rings (SSSR count). The third-order valence-corrected chi connectivity index (χ3v) is 6.02. The second kappa shape index (κ2) is 12.0. The van der Waals surface area contributed by atoms with E-state index in [0.717, 1.165) is 11.8 Å². The number of thioether (sulfide) groups is 1. The first-order valence-electron chi connectivity index (χ1n) is 11.1. The van der Waals surface area contributed by atoms with Gasteiger partial charge < -0.3 is 28.8 Å². The molecule has 0 aliphatic rings. The molecule has 0 aliphatic heterocycles. The van der Waals surface area contributed by atoms with E-state index >= 15 is 0 Å². The number of aromatic nitrogens is 2. The molecular weight excluding hydrogens is 512 g/mol. The van der Waals surface area contributed by atoms with Gasteiger partial charge in [-0.15, -0.1) is 10.2 Å². The SMILES string of the molecule is COc1cc(OC)cc(-c2nnc(S/C(=C\c3ccc(OCc4cccc(C(=O)O)c4)cc3)C(=O)O)o2)c1. The number of rotatable bonds is 11. The molecule has 0 bridgehead atoms. The number of hydrogen-bond donors (Lipinski definition) is 2. The van der Waals surface area contributed by atoms with Gasteiger partial charge in [-0.3, -0.25) is 0 Å². The maximum absolute atomic E-state index is 11.9. The van der Waals surface area contributed by atoms with Crippen molar-refractivity contribution in [2.45, 2.75) is 11.8 Å². The molecule has 2 N–H and O–H groups in total. The Kier molecular flexibility index (Phi) is 8.29. The quantitative estimate of drug-likeness (QED) is 0.192. The number of carboxylic acids is 2. The van der Waals surface area contributed by atoms with Gasteiger partial charge in [-0.1, -0.05) is 24.3 Å². The largest absolute Gasteiger partial charge is 0.497 e. The van der Waals surface area contributed by atoms with Gasteiger partial charge in [0.1, 0.15) is 28.8 Å². The molecule has 11 heteroatoms. The molecule has 0 saturated heterocycles. The van der Waals surface area contributed by atoms with Gasteiger partial charge in [-0.25, -0.2) is 9.59 Å². The van der Waals surface area contributed by atoms with Crippen molar-refractivity contribution < 1.29 is 38.4 Å². The van der Waals surface area contributed by atoms with Crippen LogP contribution in [0.25, 0.3) is 17.5 Å². The first kappa shape index (κ1) is 26.3. The van der Waals surface area contributed by atoms with E-state index in [9.17, 15) is 14.7 Å². The number of nitrogens with zero attached hydrogens (tertiary/aromatic N) is 2. The van der Waals surface area contributed by atoms with E-state index in [2.05, 4.69) is 10.2 Å². The van der Waals surface area contributed by atoms with E-state index in [0.29, 0.717) is 33.9 Å². The summed E-state index contributed by atoms with van der Waals surface area (Å²) in [5.41, 5.74) is 2.07. The van der Waals surface area contributed by atoms with E-state index in [1.807, 2.05) is 0 Å². The summed E-state index contributed by atoms with van der Waals surface area (Å²) in [5, 5.41) is 26.8. The molecule has 194 valence electrons. The summed E-state index contributed by atoms with van der Waals surface area (Å²) in [4.78, 5) is 23.0. The molecule has 0 radical (unpaired) electrons. The molecule has 0 amide bonds. The molecule has 0 atom stereocenters. The second-order valence-corrected chi connectivity index (χ2v) is 8.75. The Bertz CT molecular complexity index is 1460. The smallest absolute Gasteiger partial charge is 0.342 e. The molecule has 38 heavy (non-hydrogen) atoms. The van der Waals surface area contributed by atoms with E-state index in [1.54, 1.807) is 60.7 Å². The number of carbonyl (C=O) groups is 2. The Morgan fingerprint density at radius 1 is 0.921 bits per heavy atom. The number of aliphatic carboxylic acids is 1. The zero-order valence-electron chi connectivity index (χ0n) is 20.3. The van der Waals surface area contributed by atoms with Crippen molar-refractivity contribution in [1.82, 2.24) is 10.2 Å². The fourth-order valence-electron chi connectivity index (χ4n) is 3.30. The van der Waals surface area contributed by atoms with Crippen LogP contribution in [0.4, 0.5) is 0 Å². The number of benzene rings is 3. The van der Waals surface area contributed by atoms with Crippen molar-refractivity contribution in [3.63, 3.8) is 0 Å². The lowest BCUT2D eigenvalue weighted by atomic mass is 10.1. The van der Waals surface area contributed by atoms with Crippen LogP contribution in [0.2, 0.25) is 0 Å². The van der Waals surface area contributed by atoms with E-state index < -0.39 is 11.9 Å². The number of methoxy groups -OCH3 is 2. The Morgan fingerprint density at radius 3 is 2.26 bits per heavy atom. The highest BCUT2D eigenvalue weighted by atomic mass is 32.2. The lowest BCUT2D eigenvalue weighted by Gasteiger charge is -2.07. The third-order valence-electron chi connectivity index (χ3n) is 5.17. The average Bonchev–Trinajstić information content (AvgIpc) is 3.40. The van der Waals surface area contributed by atoms with Crippen LogP contribution in [0.5, 0.6) is 17.2 Å².